The van der Waals surface area contributed by atoms with Crippen LogP contribution >= 0.6 is 0 Å². The lowest BCUT2D eigenvalue weighted by Gasteiger charge is -2.19. The number of nitro benzene ring substituents is 1. The molecule has 0 atom stereocenters. The molecule has 2 aromatic carbocycles. The Morgan fingerprint density at radius 1 is 1.10 bits per heavy atom. The molecule has 2 aromatic rings. The summed E-state index contributed by atoms with van der Waals surface area (Å²) in [6.45, 7) is 1.78. The Morgan fingerprint density at radius 2 is 1.87 bits per heavy atom. The van der Waals surface area contributed by atoms with Gasteiger partial charge in [-0.1, -0.05) is 6.07 Å². The first-order valence-corrected chi connectivity index (χ1v) is 9.68. The van der Waals surface area contributed by atoms with E-state index in [1.807, 2.05) is 18.2 Å². The van der Waals surface area contributed by atoms with Crippen LogP contribution in [0.25, 0.3) is 0 Å². The first-order chi connectivity index (χ1) is 15.0. The van der Waals surface area contributed by atoms with Crippen LogP contribution in [-0.2, 0) is 11.2 Å². The van der Waals surface area contributed by atoms with E-state index >= 15 is 0 Å². The SMILES string of the molecule is COCCOc1cc([N+](=O)[O-])c(C(=O)NCCc2ccc3c(c2)OCCO3)cc1OC. The van der Waals surface area contributed by atoms with E-state index < -0.39 is 10.8 Å². The summed E-state index contributed by atoms with van der Waals surface area (Å²) in [4.78, 5) is 23.5. The van der Waals surface area contributed by atoms with Gasteiger partial charge in [-0.25, -0.2) is 0 Å². The third-order valence-corrected chi connectivity index (χ3v) is 4.57. The number of carbonyl (C=O) groups excluding carboxylic acids is 1. The van der Waals surface area contributed by atoms with Crippen LogP contribution in [-0.4, -0.2) is 58.0 Å². The predicted octanol–water partition coefficient (Wildman–Crippen LogP) is 2.37. The zero-order valence-corrected chi connectivity index (χ0v) is 17.3. The lowest BCUT2D eigenvalue weighted by atomic mass is 10.1. The number of carbonyl (C=O) groups is 1. The number of hydrogen-bond donors (Lipinski definition) is 1. The third-order valence-electron chi connectivity index (χ3n) is 4.57. The second-order valence-electron chi connectivity index (χ2n) is 6.60. The fourth-order valence-corrected chi connectivity index (χ4v) is 3.05. The standard InChI is InChI=1S/C21H24N2O8/c1-27-7-8-30-20-13-16(23(25)26)15(12-18(20)28-2)21(24)22-6-5-14-3-4-17-19(11-14)31-10-9-29-17/h3-4,11-13H,5-10H2,1-2H3,(H,22,24). The number of hydrogen-bond acceptors (Lipinski definition) is 8. The highest BCUT2D eigenvalue weighted by molar-refractivity contribution is 5.99. The minimum Gasteiger partial charge on any atom is -0.493 e. The van der Waals surface area contributed by atoms with Gasteiger partial charge in [-0.2, -0.15) is 0 Å². The van der Waals surface area contributed by atoms with Crippen LogP contribution in [0.4, 0.5) is 5.69 Å². The van der Waals surface area contributed by atoms with Crippen LogP contribution in [0.1, 0.15) is 15.9 Å². The highest BCUT2D eigenvalue weighted by Crippen LogP contribution is 2.35. The lowest BCUT2D eigenvalue weighted by molar-refractivity contribution is -0.385. The number of nitrogens with one attached hydrogen (secondary N) is 1. The Hall–Kier alpha value is -3.53. The molecule has 10 nitrogen and oxygen atoms in total. The highest BCUT2D eigenvalue weighted by atomic mass is 16.6. The molecule has 0 saturated heterocycles. The van der Waals surface area contributed by atoms with Crippen molar-refractivity contribution in [2.24, 2.45) is 0 Å². The van der Waals surface area contributed by atoms with Crippen LogP contribution in [0.15, 0.2) is 30.3 Å². The molecule has 1 aliphatic rings. The molecule has 1 heterocycles. The number of nitro groups is 1. The highest BCUT2D eigenvalue weighted by Gasteiger charge is 2.24. The van der Waals surface area contributed by atoms with Crippen LogP contribution in [0.3, 0.4) is 0 Å². The van der Waals surface area contributed by atoms with E-state index in [1.165, 1.54) is 26.4 Å². The van der Waals surface area contributed by atoms with Gasteiger partial charge in [0.1, 0.15) is 25.4 Å². The summed E-state index contributed by atoms with van der Waals surface area (Å²) >= 11 is 0. The van der Waals surface area contributed by atoms with Crippen molar-refractivity contribution in [2.75, 3.05) is 47.2 Å². The number of ether oxygens (including phenoxy) is 5. The molecule has 0 radical (unpaired) electrons. The van der Waals surface area contributed by atoms with Gasteiger partial charge in [-0.15, -0.1) is 0 Å². The zero-order chi connectivity index (χ0) is 22.2. The van der Waals surface area contributed by atoms with Gasteiger partial charge in [-0.3, -0.25) is 14.9 Å². The normalized spacial score (nSPS) is 12.2. The molecule has 0 aliphatic carbocycles. The number of benzene rings is 2. The van der Waals surface area contributed by atoms with Gasteiger partial charge in [0.15, 0.2) is 23.0 Å². The Labute approximate surface area is 179 Å². The van der Waals surface area contributed by atoms with Gasteiger partial charge in [0.2, 0.25) is 0 Å². The predicted molar refractivity (Wildman–Crippen MR) is 110 cm³/mol. The van der Waals surface area contributed by atoms with Gasteiger partial charge in [0.25, 0.3) is 11.6 Å². The molecule has 1 aliphatic heterocycles. The molecule has 166 valence electrons. The van der Waals surface area contributed by atoms with Gasteiger partial charge < -0.3 is 29.0 Å². The molecular formula is C21H24N2O8. The third kappa shape index (κ3) is 5.54. The number of rotatable bonds is 10. The molecule has 10 heteroatoms. The van der Waals surface area contributed by atoms with Gasteiger partial charge in [0, 0.05) is 19.7 Å². The van der Waals surface area contributed by atoms with E-state index in [1.54, 1.807) is 0 Å². The van der Waals surface area contributed by atoms with Crippen molar-refractivity contribution in [3.05, 3.63) is 51.6 Å². The molecule has 31 heavy (non-hydrogen) atoms. The topological polar surface area (TPSA) is 118 Å². The average Bonchev–Trinajstić information content (AvgIpc) is 2.78. The minimum absolute atomic E-state index is 0.108. The Morgan fingerprint density at radius 3 is 2.58 bits per heavy atom. The van der Waals surface area contributed by atoms with Crippen molar-refractivity contribution in [3.63, 3.8) is 0 Å². The monoisotopic (exact) mass is 432 g/mol. The fourth-order valence-electron chi connectivity index (χ4n) is 3.05. The van der Waals surface area contributed by atoms with Gasteiger partial charge >= 0.3 is 0 Å². The van der Waals surface area contributed by atoms with E-state index in [9.17, 15) is 14.9 Å². The van der Waals surface area contributed by atoms with Crippen LogP contribution in [0, 0.1) is 10.1 Å². The molecule has 0 saturated carbocycles. The van der Waals surface area contributed by atoms with Crippen molar-refractivity contribution in [1.29, 1.82) is 0 Å². The van der Waals surface area contributed by atoms with Crippen molar-refractivity contribution < 1.29 is 33.4 Å². The smallest absolute Gasteiger partial charge is 0.286 e. The van der Waals surface area contributed by atoms with E-state index in [0.29, 0.717) is 37.7 Å². The number of amides is 1. The lowest BCUT2D eigenvalue weighted by Crippen LogP contribution is -2.26. The first-order valence-electron chi connectivity index (χ1n) is 9.68. The van der Waals surface area contributed by atoms with Crippen LogP contribution in [0.2, 0.25) is 0 Å². The molecular weight excluding hydrogens is 408 g/mol. The summed E-state index contributed by atoms with van der Waals surface area (Å²) in [5.41, 5.74) is 0.465. The van der Waals surface area contributed by atoms with Gasteiger partial charge in [-0.05, 0) is 24.1 Å². The van der Waals surface area contributed by atoms with Crippen molar-refractivity contribution in [1.82, 2.24) is 5.32 Å². The summed E-state index contributed by atoms with van der Waals surface area (Å²) < 4.78 is 26.7. The molecule has 3 rings (SSSR count). The second-order valence-corrected chi connectivity index (χ2v) is 6.60. The van der Waals surface area contributed by atoms with Crippen molar-refractivity contribution in [3.8, 4) is 23.0 Å². The maximum atomic E-state index is 12.7. The van der Waals surface area contributed by atoms with Crippen LogP contribution < -0.4 is 24.3 Å². The summed E-state index contributed by atoms with van der Waals surface area (Å²) in [6.07, 6.45) is 0.519. The molecule has 0 bridgehead atoms. The summed E-state index contributed by atoms with van der Waals surface area (Å²) in [6, 6.07) is 8.06. The van der Waals surface area contributed by atoms with Crippen molar-refractivity contribution in [2.45, 2.75) is 6.42 Å². The summed E-state index contributed by atoms with van der Waals surface area (Å²) in [5.74, 6) is 1.16. The summed E-state index contributed by atoms with van der Waals surface area (Å²) in [5, 5.41) is 14.2. The van der Waals surface area contributed by atoms with Crippen molar-refractivity contribution >= 4 is 11.6 Å². The molecule has 0 unspecified atom stereocenters. The minimum atomic E-state index is -0.627. The maximum absolute atomic E-state index is 12.7. The number of methoxy groups -OCH3 is 2. The molecule has 0 fully saturated rings. The number of nitrogens with zero attached hydrogens (tertiary/aromatic N) is 1. The largest absolute Gasteiger partial charge is 0.493 e. The number of fused-ring (bicyclic) bond motifs is 1. The fraction of sp³-hybridized carbons (Fsp3) is 0.381. The zero-order valence-electron chi connectivity index (χ0n) is 17.3. The maximum Gasteiger partial charge on any atom is 0.286 e. The molecule has 1 N–H and O–H groups in total. The Balaban J connectivity index is 1.69. The molecule has 1 amide bonds. The molecule has 0 aromatic heterocycles. The van der Waals surface area contributed by atoms with E-state index in [0.717, 1.165) is 5.56 Å². The molecule has 0 spiro atoms. The van der Waals surface area contributed by atoms with E-state index in [-0.39, 0.29) is 35.9 Å². The average molecular weight is 432 g/mol. The quantitative estimate of drug-likeness (QED) is 0.345. The Bertz CT molecular complexity index is 947. The van der Waals surface area contributed by atoms with Gasteiger partial charge in [0.05, 0.1) is 24.7 Å². The summed E-state index contributed by atoms with van der Waals surface area (Å²) in [7, 11) is 2.91. The van der Waals surface area contributed by atoms with E-state index in [2.05, 4.69) is 5.32 Å². The van der Waals surface area contributed by atoms with Crippen LogP contribution in [0.5, 0.6) is 23.0 Å². The second kappa shape index (κ2) is 10.5. The van der Waals surface area contributed by atoms with E-state index in [4.69, 9.17) is 23.7 Å². The first kappa shape index (κ1) is 22.2. The Kier molecular flexibility index (Phi) is 7.50.